The fraction of sp³-hybridized carbons (Fsp3) is 0.385. The van der Waals surface area contributed by atoms with E-state index in [1.165, 1.54) is 0 Å². The van der Waals surface area contributed by atoms with Crippen molar-refractivity contribution >= 4 is 27.7 Å². The van der Waals surface area contributed by atoms with Crippen LogP contribution in [0.15, 0.2) is 21.8 Å². The molecule has 1 fully saturated rings. The van der Waals surface area contributed by atoms with Gasteiger partial charge in [0.05, 0.1) is 0 Å². The third-order valence-electron chi connectivity index (χ3n) is 3.56. The lowest BCUT2D eigenvalue weighted by atomic mass is 10.0. The molecule has 21 heavy (non-hydrogen) atoms. The van der Waals surface area contributed by atoms with E-state index in [9.17, 15) is 13.6 Å². The smallest absolute Gasteiger partial charge is 0.257 e. The van der Waals surface area contributed by atoms with E-state index >= 15 is 0 Å². The van der Waals surface area contributed by atoms with Gasteiger partial charge in [0.1, 0.15) is 23.0 Å². The van der Waals surface area contributed by atoms with Crippen molar-refractivity contribution in [2.45, 2.75) is 25.3 Å². The molecule has 2 unspecified atom stereocenters. The van der Waals surface area contributed by atoms with E-state index in [2.05, 4.69) is 26.4 Å². The van der Waals surface area contributed by atoms with Gasteiger partial charge in [-0.25, -0.2) is 8.78 Å². The highest BCUT2D eigenvalue weighted by Crippen LogP contribution is 2.27. The zero-order chi connectivity index (χ0) is 15.6. The predicted molar refractivity (Wildman–Crippen MR) is 76.1 cm³/mol. The average Bonchev–Trinajstić information content (AvgIpc) is 2.84. The Kier molecular flexibility index (Phi) is 4.76. The van der Waals surface area contributed by atoms with Gasteiger partial charge < -0.3 is 16.3 Å². The first-order valence-electron chi connectivity index (χ1n) is 6.37. The maximum absolute atomic E-state index is 13.7. The van der Waals surface area contributed by atoms with Gasteiger partial charge in [-0.2, -0.15) is 0 Å². The number of hydrogen-bond acceptors (Lipinski definition) is 3. The number of oxime groups is 1. The summed E-state index contributed by atoms with van der Waals surface area (Å²) in [4.78, 5) is 12.1. The summed E-state index contributed by atoms with van der Waals surface area (Å²) < 4.78 is 27.7. The number of carbonyl (C=O) groups is 1. The Bertz CT molecular complexity index is 572. The maximum atomic E-state index is 13.7. The normalized spacial score (nSPS) is 22.3. The van der Waals surface area contributed by atoms with Crippen molar-refractivity contribution in [3.63, 3.8) is 0 Å². The molecular formula is C13H14BrF2N3O2. The highest BCUT2D eigenvalue weighted by molar-refractivity contribution is 9.10. The van der Waals surface area contributed by atoms with Crippen molar-refractivity contribution in [1.29, 1.82) is 0 Å². The highest BCUT2D eigenvalue weighted by Gasteiger charge is 2.33. The summed E-state index contributed by atoms with van der Waals surface area (Å²) in [6, 6.07) is 1.64. The Labute approximate surface area is 128 Å². The molecule has 1 aliphatic rings. The molecule has 4 N–H and O–H groups in total. The summed E-state index contributed by atoms with van der Waals surface area (Å²) >= 11 is 2.95. The molecule has 1 aromatic rings. The molecule has 5 nitrogen and oxygen atoms in total. The summed E-state index contributed by atoms with van der Waals surface area (Å²) in [5.41, 5.74) is 4.92. The molecule has 2 rings (SSSR count). The molecule has 1 amide bonds. The van der Waals surface area contributed by atoms with E-state index < -0.39 is 29.1 Å². The van der Waals surface area contributed by atoms with Crippen LogP contribution >= 0.6 is 15.9 Å². The minimum absolute atomic E-state index is 0.00884. The van der Waals surface area contributed by atoms with Crippen LogP contribution in [0.3, 0.4) is 0 Å². The Hall–Kier alpha value is -1.70. The van der Waals surface area contributed by atoms with Crippen LogP contribution < -0.4 is 11.1 Å². The van der Waals surface area contributed by atoms with Crippen LogP contribution in [-0.2, 0) is 0 Å². The first kappa shape index (κ1) is 15.7. The van der Waals surface area contributed by atoms with Crippen molar-refractivity contribution < 1.29 is 18.8 Å². The van der Waals surface area contributed by atoms with E-state index in [-0.39, 0.29) is 16.2 Å². The second-order valence-corrected chi connectivity index (χ2v) is 5.80. The van der Waals surface area contributed by atoms with Gasteiger partial charge in [-0.05, 0) is 25.0 Å². The molecule has 0 heterocycles. The summed E-state index contributed by atoms with van der Waals surface area (Å²) in [6.45, 7) is 0. The van der Waals surface area contributed by atoms with Gasteiger partial charge in [-0.15, -0.1) is 0 Å². The lowest BCUT2D eigenvalue weighted by molar-refractivity contribution is 0.0924. The van der Waals surface area contributed by atoms with E-state index in [0.29, 0.717) is 12.8 Å². The minimum atomic E-state index is -0.947. The number of nitrogens with zero attached hydrogens (tertiary/aromatic N) is 1. The van der Waals surface area contributed by atoms with Crippen LogP contribution in [0, 0.1) is 17.6 Å². The molecule has 0 aliphatic heterocycles. The van der Waals surface area contributed by atoms with Crippen LogP contribution in [0.5, 0.6) is 0 Å². The van der Waals surface area contributed by atoms with Gasteiger partial charge in [-0.1, -0.05) is 27.5 Å². The monoisotopic (exact) mass is 361 g/mol. The van der Waals surface area contributed by atoms with Crippen LogP contribution in [0.4, 0.5) is 8.78 Å². The molecule has 0 aromatic heterocycles. The van der Waals surface area contributed by atoms with Gasteiger partial charge >= 0.3 is 0 Å². The van der Waals surface area contributed by atoms with Gasteiger partial charge in [0.25, 0.3) is 5.91 Å². The summed E-state index contributed by atoms with van der Waals surface area (Å²) in [6.07, 6.45) is 2.02. The van der Waals surface area contributed by atoms with E-state index in [4.69, 9.17) is 10.9 Å². The van der Waals surface area contributed by atoms with Gasteiger partial charge in [-0.3, -0.25) is 4.79 Å². The van der Waals surface area contributed by atoms with Crippen molar-refractivity contribution in [3.8, 4) is 0 Å². The molecule has 1 saturated carbocycles. The first-order valence-corrected chi connectivity index (χ1v) is 7.16. The summed E-state index contributed by atoms with van der Waals surface area (Å²) in [7, 11) is 0. The zero-order valence-corrected chi connectivity index (χ0v) is 12.5. The number of amidine groups is 1. The van der Waals surface area contributed by atoms with Crippen molar-refractivity contribution in [2.75, 3.05) is 0 Å². The molecule has 0 bridgehead atoms. The average molecular weight is 362 g/mol. The number of amides is 1. The SMILES string of the molecule is NC(=NO)C1CCCC1NC(=O)c1c(F)cc(Br)cc1F. The minimum Gasteiger partial charge on any atom is -0.409 e. The zero-order valence-electron chi connectivity index (χ0n) is 10.9. The number of nitrogens with one attached hydrogen (secondary N) is 1. The molecule has 0 radical (unpaired) electrons. The standard InChI is InChI=1S/C13H14BrF2N3O2/c14-6-4-8(15)11(9(16)5-6)13(20)18-10-3-1-2-7(10)12(17)19-21/h4-5,7,10,21H,1-3H2,(H2,17,19)(H,18,20). The third kappa shape index (κ3) is 3.31. The Morgan fingerprint density at radius 1 is 1.38 bits per heavy atom. The molecule has 8 heteroatoms. The molecular weight excluding hydrogens is 348 g/mol. The fourth-order valence-electron chi connectivity index (χ4n) is 2.56. The van der Waals surface area contributed by atoms with Gasteiger partial charge in [0, 0.05) is 16.4 Å². The third-order valence-corrected chi connectivity index (χ3v) is 4.02. The molecule has 0 saturated heterocycles. The topological polar surface area (TPSA) is 87.7 Å². The molecule has 2 atom stereocenters. The molecule has 1 aliphatic carbocycles. The van der Waals surface area contributed by atoms with Crippen molar-refractivity contribution in [3.05, 3.63) is 33.8 Å². The van der Waals surface area contributed by atoms with Gasteiger partial charge in [0.15, 0.2) is 0 Å². The highest BCUT2D eigenvalue weighted by atomic mass is 79.9. The van der Waals surface area contributed by atoms with Crippen LogP contribution in [0.2, 0.25) is 0 Å². The van der Waals surface area contributed by atoms with Crippen molar-refractivity contribution in [2.24, 2.45) is 16.8 Å². The summed E-state index contributed by atoms with van der Waals surface area (Å²) in [5.74, 6) is -3.06. The van der Waals surface area contributed by atoms with Crippen LogP contribution in [0.1, 0.15) is 29.6 Å². The van der Waals surface area contributed by atoms with E-state index in [1.807, 2.05) is 0 Å². The van der Waals surface area contributed by atoms with E-state index in [0.717, 1.165) is 18.6 Å². The molecule has 1 aromatic carbocycles. The Morgan fingerprint density at radius 2 is 2.00 bits per heavy atom. The number of carbonyl (C=O) groups excluding carboxylic acids is 1. The van der Waals surface area contributed by atoms with Crippen LogP contribution in [0.25, 0.3) is 0 Å². The van der Waals surface area contributed by atoms with Gasteiger partial charge in [0.2, 0.25) is 0 Å². The maximum Gasteiger partial charge on any atom is 0.257 e. The molecule has 114 valence electrons. The Morgan fingerprint density at radius 3 is 2.57 bits per heavy atom. The number of rotatable bonds is 3. The number of nitrogens with two attached hydrogens (primary N) is 1. The number of hydrogen-bond donors (Lipinski definition) is 3. The second-order valence-electron chi connectivity index (χ2n) is 4.89. The molecule has 0 spiro atoms. The largest absolute Gasteiger partial charge is 0.409 e. The number of halogens is 3. The van der Waals surface area contributed by atoms with E-state index in [1.54, 1.807) is 0 Å². The predicted octanol–water partition coefficient (Wildman–Crippen LogP) is 2.37. The lowest BCUT2D eigenvalue weighted by Crippen LogP contribution is -2.42. The lowest BCUT2D eigenvalue weighted by Gasteiger charge is -2.20. The fourth-order valence-corrected chi connectivity index (χ4v) is 2.96. The Balaban J connectivity index is 2.19. The summed E-state index contributed by atoms with van der Waals surface area (Å²) in [5, 5.41) is 14.2. The van der Waals surface area contributed by atoms with Crippen molar-refractivity contribution in [1.82, 2.24) is 5.32 Å². The quantitative estimate of drug-likeness (QED) is 0.334. The first-order chi connectivity index (χ1) is 9.93. The van der Waals surface area contributed by atoms with Crippen LogP contribution in [-0.4, -0.2) is 23.0 Å². The number of benzene rings is 1. The second kappa shape index (κ2) is 6.38.